The van der Waals surface area contributed by atoms with Gasteiger partial charge in [0.05, 0.1) is 16.3 Å². The third kappa shape index (κ3) is 5.63. The molecule has 1 saturated heterocycles. The lowest BCUT2D eigenvalue weighted by Gasteiger charge is -2.34. The molecule has 0 saturated carbocycles. The smallest absolute Gasteiger partial charge is 0.243 e. The summed E-state index contributed by atoms with van der Waals surface area (Å²) in [5, 5.41) is 2.98. The Bertz CT molecular complexity index is 1190. The molecule has 2 aromatic rings. The third-order valence-corrected chi connectivity index (χ3v) is 9.67. The Labute approximate surface area is 196 Å². The maximum Gasteiger partial charge on any atom is 0.243 e. The number of carbonyl (C=O) groups excluding carboxylic acids is 1. The molecule has 33 heavy (non-hydrogen) atoms. The lowest BCUT2D eigenvalue weighted by molar-refractivity contribution is 0.101. The van der Waals surface area contributed by atoms with E-state index in [1.165, 1.54) is 32.3 Å². The summed E-state index contributed by atoms with van der Waals surface area (Å²) in [6.07, 6.45) is 3.59. The lowest BCUT2D eigenvalue weighted by Crippen LogP contribution is -2.43. The van der Waals surface area contributed by atoms with Crippen molar-refractivity contribution in [3.63, 3.8) is 0 Å². The van der Waals surface area contributed by atoms with Gasteiger partial charge in [-0.3, -0.25) is 4.79 Å². The summed E-state index contributed by atoms with van der Waals surface area (Å²) >= 11 is 0. The van der Waals surface area contributed by atoms with Gasteiger partial charge in [0, 0.05) is 37.9 Å². The normalized spacial score (nSPS) is 17.8. The average Bonchev–Trinajstić information content (AvgIpc) is 2.82. The van der Waals surface area contributed by atoms with Crippen molar-refractivity contribution in [3.8, 4) is 0 Å². The van der Waals surface area contributed by atoms with Gasteiger partial charge < -0.3 is 5.32 Å². The third-order valence-electron chi connectivity index (χ3n) is 5.89. The molecule has 2 aromatic carbocycles. The lowest BCUT2D eigenvalue weighted by atomic mass is 10.0. The first kappa shape index (κ1) is 25.4. The standard InChI is InChI=1S/C23H31N3O5S2/c1-4-20-9-5-6-15-26(20)33(30,31)21-13-11-19(12-14-21)24-17-23(27)18-8-7-10-22(16-18)32(28,29)25(2)3/h7-8,10-14,16,20,24H,4-6,9,15,17H2,1-3H3. The van der Waals surface area contributed by atoms with E-state index < -0.39 is 20.0 Å². The predicted octanol–water partition coefficient (Wildman–Crippen LogP) is 3.18. The van der Waals surface area contributed by atoms with E-state index in [2.05, 4.69) is 5.32 Å². The van der Waals surface area contributed by atoms with Gasteiger partial charge in [-0.25, -0.2) is 21.1 Å². The van der Waals surface area contributed by atoms with Crippen LogP contribution in [0.1, 0.15) is 43.0 Å². The molecule has 180 valence electrons. The Morgan fingerprint density at radius 2 is 1.73 bits per heavy atom. The number of nitrogens with zero attached hydrogens (tertiary/aromatic N) is 2. The summed E-state index contributed by atoms with van der Waals surface area (Å²) in [5.41, 5.74) is 0.880. The van der Waals surface area contributed by atoms with Crippen molar-refractivity contribution in [1.29, 1.82) is 0 Å². The fourth-order valence-corrected chi connectivity index (χ4v) is 6.62. The van der Waals surface area contributed by atoms with Crippen molar-refractivity contribution in [1.82, 2.24) is 8.61 Å². The minimum Gasteiger partial charge on any atom is -0.378 e. The molecule has 1 atom stereocenters. The first-order chi connectivity index (χ1) is 15.6. The summed E-state index contributed by atoms with van der Waals surface area (Å²) < 4.78 is 53.5. The molecule has 1 unspecified atom stereocenters. The molecule has 1 aliphatic heterocycles. The molecule has 0 radical (unpaired) electrons. The van der Waals surface area contributed by atoms with Crippen molar-refractivity contribution in [2.24, 2.45) is 0 Å². The summed E-state index contributed by atoms with van der Waals surface area (Å²) in [6, 6.07) is 12.3. The first-order valence-corrected chi connectivity index (χ1v) is 13.9. The summed E-state index contributed by atoms with van der Waals surface area (Å²) in [5.74, 6) is -0.276. The Morgan fingerprint density at radius 3 is 2.36 bits per heavy atom. The van der Waals surface area contributed by atoms with E-state index in [0.29, 0.717) is 12.2 Å². The van der Waals surface area contributed by atoms with Gasteiger partial charge in [0.1, 0.15) is 0 Å². The van der Waals surface area contributed by atoms with Gasteiger partial charge in [-0.05, 0) is 55.7 Å². The highest BCUT2D eigenvalue weighted by atomic mass is 32.2. The van der Waals surface area contributed by atoms with Crippen molar-refractivity contribution >= 4 is 31.5 Å². The number of hydrogen-bond donors (Lipinski definition) is 1. The van der Waals surface area contributed by atoms with E-state index in [1.807, 2.05) is 6.92 Å². The number of piperidine rings is 1. The molecular formula is C23H31N3O5S2. The zero-order chi connectivity index (χ0) is 24.2. The average molecular weight is 494 g/mol. The second kappa shape index (κ2) is 10.3. The van der Waals surface area contributed by atoms with Crippen molar-refractivity contribution < 1.29 is 21.6 Å². The molecule has 0 aliphatic carbocycles. The molecule has 1 fully saturated rings. The predicted molar refractivity (Wildman–Crippen MR) is 128 cm³/mol. The van der Waals surface area contributed by atoms with Crippen LogP contribution in [0.5, 0.6) is 0 Å². The number of nitrogens with one attached hydrogen (secondary N) is 1. The van der Waals surface area contributed by atoms with E-state index >= 15 is 0 Å². The summed E-state index contributed by atoms with van der Waals surface area (Å²) in [4.78, 5) is 12.9. The number of rotatable bonds is 9. The van der Waals surface area contributed by atoms with Gasteiger partial charge in [-0.15, -0.1) is 0 Å². The van der Waals surface area contributed by atoms with E-state index in [1.54, 1.807) is 34.6 Å². The molecular weight excluding hydrogens is 462 g/mol. The largest absolute Gasteiger partial charge is 0.378 e. The van der Waals surface area contributed by atoms with Crippen molar-refractivity contribution in [2.45, 2.75) is 48.4 Å². The second-order valence-electron chi connectivity index (χ2n) is 8.29. The number of benzene rings is 2. The Morgan fingerprint density at radius 1 is 1.03 bits per heavy atom. The number of sulfonamides is 2. The van der Waals surface area contributed by atoms with Crippen LogP contribution in [0.15, 0.2) is 58.3 Å². The van der Waals surface area contributed by atoms with Crippen LogP contribution in [-0.2, 0) is 20.0 Å². The van der Waals surface area contributed by atoms with E-state index in [4.69, 9.17) is 0 Å². The van der Waals surface area contributed by atoms with Crippen molar-refractivity contribution in [3.05, 3.63) is 54.1 Å². The van der Waals surface area contributed by atoms with Gasteiger partial charge in [-0.1, -0.05) is 25.5 Å². The number of ketones is 1. The minimum atomic E-state index is -3.63. The first-order valence-electron chi connectivity index (χ1n) is 11.0. The van der Waals surface area contributed by atoms with Crippen LogP contribution >= 0.6 is 0 Å². The second-order valence-corrected chi connectivity index (χ2v) is 12.3. The number of carbonyl (C=O) groups is 1. The molecule has 1 heterocycles. The Kier molecular flexibility index (Phi) is 7.94. The van der Waals surface area contributed by atoms with Crippen LogP contribution in [0.2, 0.25) is 0 Å². The van der Waals surface area contributed by atoms with Crippen LogP contribution in [0.25, 0.3) is 0 Å². The maximum absolute atomic E-state index is 13.1. The minimum absolute atomic E-state index is 0.0336. The molecule has 1 aliphatic rings. The topological polar surface area (TPSA) is 104 Å². The number of anilines is 1. The molecule has 3 rings (SSSR count). The Balaban J connectivity index is 1.68. The van der Waals surface area contributed by atoms with Gasteiger partial charge in [-0.2, -0.15) is 4.31 Å². The van der Waals surface area contributed by atoms with Gasteiger partial charge >= 0.3 is 0 Å². The monoisotopic (exact) mass is 493 g/mol. The van der Waals surface area contributed by atoms with Crippen LogP contribution in [0, 0.1) is 0 Å². The molecule has 10 heteroatoms. The van der Waals surface area contributed by atoms with Gasteiger partial charge in [0.15, 0.2) is 5.78 Å². The highest BCUT2D eigenvalue weighted by Gasteiger charge is 2.32. The molecule has 8 nitrogen and oxygen atoms in total. The maximum atomic E-state index is 13.1. The SMILES string of the molecule is CCC1CCCCN1S(=O)(=O)c1ccc(NCC(=O)c2cccc(S(=O)(=O)N(C)C)c2)cc1. The molecule has 0 bridgehead atoms. The van der Waals surface area contributed by atoms with E-state index in [-0.39, 0.29) is 33.7 Å². The van der Waals surface area contributed by atoms with Crippen LogP contribution < -0.4 is 5.32 Å². The fourth-order valence-electron chi connectivity index (χ4n) is 3.90. The molecule has 1 N–H and O–H groups in total. The number of Topliss-reactive ketones (excluding diaryl/α,β-unsaturated/α-hetero) is 1. The summed E-state index contributed by atoms with van der Waals surface area (Å²) in [6.45, 7) is 2.49. The van der Waals surface area contributed by atoms with Gasteiger partial charge in [0.25, 0.3) is 0 Å². The summed E-state index contributed by atoms with van der Waals surface area (Å²) in [7, 11) is -4.33. The highest BCUT2D eigenvalue weighted by molar-refractivity contribution is 7.89. The van der Waals surface area contributed by atoms with E-state index in [9.17, 15) is 21.6 Å². The Hall–Kier alpha value is -2.27. The van der Waals surface area contributed by atoms with Crippen LogP contribution in [-0.4, -0.2) is 64.5 Å². The fraction of sp³-hybridized carbons (Fsp3) is 0.435. The van der Waals surface area contributed by atoms with Crippen molar-refractivity contribution in [2.75, 3.05) is 32.5 Å². The van der Waals surface area contributed by atoms with E-state index in [0.717, 1.165) is 30.0 Å². The number of hydrogen-bond acceptors (Lipinski definition) is 6. The quantitative estimate of drug-likeness (QED) is 0.538. The molecule has 0 aromatic heterocycles. The van der Waals surface area contributed by atoms with Crippen LogP contribution in [0.3, 0.4) is 0 Å². The molecule has 0 amide bonds. The highest BCUT2D eigenvalue weighted by Crippen LogP contribution is 2.27. The molecule has 0 spiro atoms. The van der Waals surface area contributed by atoms with Crippen LogP contribution in [0.4, 0.5) is 5.69 Å². The zero-order valence-corrected chi connectivity index (χ0v) is 20.8. The zero-order valence-electron chi connectivity index (χ0n) is 19.2. The van der Waals surface area contributed by atoms with Gasteiger partial charge in [0.2, 0.25) is 20.0 Å².